The van der Waals surface area contributed by atoms with Crippen molar-refractivity contribution >= 4 is 13.1 Å². The van der Waals surface area contributed by atoms with Gasteiger partial charge in [-0.25, -0.2) is 0 Å². The Morgan fingerprint density at radius 2 is 1.81 bits per heavy atom. The second kappa shape index (κ2) is 5.50. The van der Waals surface area contributed by atoms with Crippen molar-refractivity contribution in [3.63, 3.8) is 0 Å². The van der Waals surface area contributed by atoms with E-state index in [2.05, 4.69) is 0 Å². The van der Waals surface area contributed by atoms with E-state index in [0.29, 0.717) is 5.76 Å². The van der Waals surface area contributed by atoms with E-state index in [9.17, 15) is 9.90 Å². The minimum atomic E-state index is -0.899. The average molecular weight is 294 g/mol. The van der Waals surface area contributed by atoms with Crippen LogP contribution in [0.15, 0.2) is 16.5 Å². The van der Waals surface area contributed by atoms with Crippen LogP contribution >= 0.6 is 0 Å². The van der Waals surface area contributed by atoms with Crippen molar-refractivity contribution in [1.82, 2.24) is 0 Å². The highest BCUT2D eigenvalue weighted by Crippen LogP contribution is 2.42. The number of aryl methyl sites for hydroxylation is 1. The lowest BCUT2D eigenvalue weighted by Gasteiger charge is -2.32. The minimum absolute atomic E-state index is 0.0898. The quantitative estimate of drug-likeness (QED) is 0.845. The number of hydrogen-bond acceptors (Lipinski definition) is 4. The number of carbonyl (C=O) groups is 1. The van der Waals surface area contributed by atoms with Crippen molar-refractivity contribution in [3.05, 3.63) is 23.7 Å². The summed E-state index contributed by atoms with van der Waals surface area (Å²) in [5.74, 6) is 0.0812. The first-order chi connectivity index (χ1) is 9.66. The molecule has 1 aliphatic heterocycles. The molecule has 2 rings (SSSR count). The third-order valence-corrected chi connectivity index (χ3v) is 4.39. The van der Waals surface area contributed by atoms with Crippen LogP contribution in [0.3, 0.4) is 0 Å². The standard InChI is InChI=1S/C15H23BO5/c1-6-10-7-8-12(19-10)11(9-13(17)18)16-20-14(2,3)15(4,5)21-16/h7-8,11H,6,9H2,1-5H3,(H,17,18). The molecule has 1 saturated heterocycles. The Labute approximate surface area is 125 Å². The molecule has 1 aliphatic rings. The molecule has 2 heterocycles. The molecule has 0 aliphatic carbocycles. The highest BCUT2D eigenvalue weighted by Gasteiger charge is 2.55. The second-order valence-electron chi connectivity index (χ2n) is 6.49. The van der Waals surface area contributed by atoms with E-state index in [1.165, 1.54) is 0 Å². The van der Waals surface area contributed by atoms with Crippen molar-refractivity contribution in [1.29, 1.82) is 0 Å². The Hall–Kier alpha value is -1.27. The summed E-state index contributed by atoms with van der Waals surface area (Å²) >= 11 is 0. The lowest BCUT2D eigenvalue weighted by molar-refractivity contribution is -0.137. The van der Waals surface area contributed by atoms with E-state index in [1.54, 1.807) is 0 Å². The van der Waals surface area contributed by atoms with Crippen LogP contribution in [-0.4, -0.2) is 29.4 Å². The zero-order chi connectivity index (χ0) is 15.8. The molecule has 1 aromatic rings. The van der Waals surface area contributed by atoms with Gasteiger partial charge in [0, 0.05) is 6.42 Å². The molecule has 0 bridgehead atoms. The molecule has 1 unspecified atom stereocenters. The third kappa shape index (κ3) is 3.16. The zero-order valence-electron chi connectivity index (χ0n) is 13.3. The summed E-state index contributed by atoms with van der Waals surface area (Å²) in [6, 6.07) is 3.69. The summed E-state index contributed by atoms with van der Waals surface area (Å²) in [7, 11) is -0.623. The number of carboxylic acids is 1. The van der Waals surface area contributed by atoms with Gasteiger partial charge in [0.2, 0.25) is 0 Å². The topological polar surface area (TPSA) is 68.9 Å². The van der Waals surface area contributed by atoms with Gasteiger partial charge in [0.25, 0.3) is 0 Å². The van der Waals surface area contributed by atoms with Crippen LogP contribution in [-0.2, 0) is 20.5 Å². The number of furan rings is 1. The fourth-order valence-electron chi connectivity index (χ4n) is 2.36. The SMILES string of the molecule is CCc1ccc(C(CC(=O)O)B2OC(C)(C)C(C)(C)O2)o1. The van der Waals surface area contributed by atoms with Gasteiger partial charge in [-0.3, -0.25) is 4.79 Å². The Balaban J connectivity index is 2.27. The van der Waals surface area contributed by atoms with E-state index in [0.717, 1.165) is 12.2 Å². The number of rotatable bonds is 5. The zero-order valence-corrected chi connectivity index (χ0v) is 13.3. The Bertz CT molecular complexity index is 504. The molecule has 116 valence electrons. The molecule has 21 heavy (non-hydrogen) atoms. The van der Waals surface area contributed by atoms with Crippen molar-refractivity contribution < 1.29 is 23.6 Å². The average Bonchev–Trinajstić information content (AvgIpc) is 2.89. The highest BCUT2D eigenvalue weighted by atomic mass is 16.7. The minimum Gasteiger partial charge on any atom is -0.481 e. The summed E-state index contributed by atoms with van der Waals surface area (Å²) in [6.07, 6.45) is 0.677. The van der Waals surface area contributed by atoms with E-state index < -0.39 is 30.1 Å². The molecule has 0 aromatic carbocycles. The summed E-state index contributed by atoms with van der Waals surface area (Å²) < 4.78 is 17.7. The Morgan fingerprint density at radius 3 is 2.24 bits per heavy atom. The van der Waals surface area contributed by atoms with Gasteiger partial charge in [-0.15, -0.1) is 0 Å². The molecule has 1 fully saturated rings. The number of hydrogen-bond donors (Lipinski definition) is 1. The molecule has 1 atom stereocenters. The van der Waals surface area contributed by atoms with Crippen molar-refractivity contribution in [2.75, 3.05) is 0 Å². The first-order valence-electron chi connectivity index (χ1n) is 7.32. The first kappa shape index (κ1) is 16.1. The van der Waals surface area contributed by atoms with Crippen LogP contribution in [0.4, 0.5) is 0 Å². The molecule has 1 N–H and O–H groups in total. The first-order valence-corrected chi connectivity index (χ1v) is 7.32. The van der Waals surface area contributed by atoms with E-state index in [-0.39, 0.29) is 6.42 Å². The maximum absolute atomic E-state index is 11.2. The molecule has 5 nitrogen and oxygen atoms in total. The lowest BCUT2D eigenvalue weighted by Crippen LogP contribution is -2.41. The maximum atomic E-state index is 11.2. The normalized spacial score (nSPS) is 21.5. The van der Waals surface area contributed by atoms with Crippen LogP contribution < -0.4 is 0 Å². The molecule has 6 heteroatoms. The fourth-order valence-corrected chi connectivity index (χ4v) is 2.36. The van der Waals surface area contributed by atoms with Crippen LogP contribution in [0.25, 0.3) is 0 Å². The second-order valence-corrected chi connectivity index (χ2v) is 6.49. The van der Waals surface area contributed by atoms with E-state index in [4.69, 9.17) is 13.7 Å². The van der Waals surface area contributed by atoms with Gasteiger partial charge in [-0.1, -0.05) is 6.92 Å². The molecule has 0 amide bonds. The van der Waals surface area contributed by atoms with Gasteiger partial charge in [0.05, 0.1) is 23.4 Å². The van der Waals surface area contributed by atoms with Crippen LogP contribution in [0, 0.1) is 0 Å². The Morgan fingerprint density at radius 1 is 1.24 bits per heavy atom. The predicted molar refractivity (Wildman–Crippen MR) is 79.2 cm³/mol. The van der Waals surface area contributed by atoms with Crippen molar-refractivity contribution in [3.8, 4) is 0 Å². The number of aliphatic carboxylic acids is 1. The monoisotopic (exact) mass is 294 g/mol. The summed E-state index contributed by atoms with van der Waals surface area (Å²) in [4.78, 5) is 11.2. The molecule has 1 aromatic heterocycles. The highest BCUT2D eigenvalue weighted by molar-refractivity contribution is 6.47. The van der Waals surface area contributed by atoms with Gasteiger partial charge < -0.3 is 18.8 Å². The van der Waals surface area contributed by atoms with Crippen molar-refractivity contribution in [2.45, 2.75) is 64.5 Å². The summed E-state index contributed by atoms with van der Waals surface area (Å²) in [6.45, 7) is 9.79. The van der Waals surface area contributed by atoms with Gasteiger partial charge in [-0.05, 0) is 39.8 Å². The molecule has 0 radical (unpaired) electrons. The molecular weight excluding hydrogens is 271 g/mol. The summed E-state index contributed by atoms with van der Waals surface area (Å²) in [5, 5.41) is 9.18. The predicted octanol–water partition coefficient (Wildman–Crippen LogP) is 3.03. The fraction of sp³-hybridized carbons (Fsp3) is 0.667. The molecule has 0 saturated carbocycles. The van der Waals surface area contributed by atoms with Crippen LogP contribution in [0.2, 0.25) is 0 Å². The van der Waals surface area contributed by atoms with Gasteiger partial charge in [-0.2, -0.15) is 0 Å². The van der Waals surface area contributed by atoms with Crippen LogP contribution in [0.1, 0.15) is 58.4 Å². The number of carboxylic acid groups (broad SMARTS) is 1. The smallest absolute Gasteiger partial charge is 0.469 e. The molecule has 0 spiro atoms. The molecular formula is C15H23BO5. The maximum Gasteiger partial charge on any atom is 0.469 e. The third-order valence-electron chi connectivity index (χ3n) is 4.39. The van der Waals surface area contributed by atoms with E-state index in [1.807, 2.05) is 46.8 Å². The Kier molecular flexibility index (Phi) is 4.22. The largest absolute Gasteiger partial charge is 0.481 e. The van der Waals surface area contributed by atoms with Crippen LogP contribution in [0.5, 0.6) is 0 Å². The van der Waals surface area contributed by atoms with Gasteiger partial charge >= 0.3 is 13.1 Å². The van der Waals surface area contributed by atoms with Gasteiger partial charge in [0.15, 0.2) is 0 Å². The van der Waals surface area contributed by atoms with E-state index >= 15 is 0 Å². The lowest BCUT2D eigenvalue weighted by atomic mass is 9.68. The van der Waals surface area contributed by atoms with Gasteiger partial charge in [0.1, 0.15) is 11.5 Å². The van der Waals surface area contributed by atoms with Crippen molar-refractivity contribution in [2.24, 2.45) is 0 Å². The summed E-state index contributed by atoms with van der Waals surface area (Å²) in [5.41, 5.74) is -0.983.